The molecule has 158 valence electrons. The van der Waals surface area contributed by atoms with Gasteiger partial charge in [0.05, 0.1) is 7.11 Å². The van der Waals surface area contributed by atoms with Crippen LogP contribution in [0.1, 0.15) is 27.9 Å². The van der Waals surface area contributed by atoms with E-state index in [1.165, 1.54) is 6.08 Å². The zero-order valence-corrected chi connectivity index (χ0v) is 17.5. The summed E-state index contributed by atoms with van der Waals surface area (Å²) in [5, 5.41) is 5.28. The minimum absolute atomic E-state index is 0.0789. The molecule has 0 aliphatic carbocycles. The van der Waals surface area contributed by atoms with E-state index in [-0.39, 0.29) is 30.7 Å². The molecule has 7 nitrogen and oxygen atoms in total. The van der Waals surface area contributed by atoms with Gasteiger partial charge in [0.25, 0.3) is 5.91 Å². The Bertz CT molecular complexity index is 890. The summed E-state index contributed by atoms with van der Waals surface area (Å²) in [5.41, 5.74) is 2.37. The third-order valence-corrected chi connectivity index (χ3v) is 4.47. The predicted octanol–water partition coefficient (Wildman–Crippen LogP) is 2.23. The third kappa shape index (κ3) is 7.09. The maximum Gasteiger partial charge on any atom is 0.251 e. The van der Waals surface area contributed by atoms with Crippen LogP contribution in [0.2, 0.25) is 0 Å². The lowest BCUT2D eigenvalue weighted by atomic mass is 10.1. The normalized spacial score (nSPS) is 10.5. The van der Waals surface area contributed by atoms with E-state index in [1.54, 1.807) is 44.3 Å². The number of rotatable bonds is 9. The van der Waals surface area contributed by atoms with Crippen LogP contribution in [0.25, 0.3) is 6.08 Å². The number of nitrogens with zero attached hydrogens (tertiary/aromatic N) is 1. The van der Waals surface area contributed by atoms with Crippen LogP contribution in [0.15, 0.2) is 54.6 Å². The molecular formula is C23H27N3O4. The predicted molar refractivity (Wildman–Crippen MR) is 116 cm³/mol. The molecule has 0 fully saturated rings. The molecule has 0 aromatic heterocycles. The largest absolute Gasteiger partial charge is 0.497 e. The first-order valence-corrected chi connectivity index (χ1v) is 9.58. The number of methoxy groups -OCH3 is 1. The zero-order chi connectivity index (χ0) is 21.9. The van der Waals surface area contributed by atoms with E-state index >= 15 is 0 Å². The lowest BCUT2D eigenvalue weighted by Crippen LogP contribution is -2.31. The van der Waals surface area contributed by atoms with E-state index in [9.17, 15) is 14.4 Å². The summed E-state index contributed by atoms with van der Waals surface area (Å²) in [5.74, 6) is 0.264. The number of benzene rings is 2. The zero-order valence-electron chi connectivity index (χ0n) is 17.5. The van der Waals surface area contributed by atoms with Crippen molar-refractivity contribution in [3.63, 3.8) is 0 Å². The van der Waals surface area contributed by atoms with Gasteiger partial charge in [0.15, 0.2) is 0 Å². The highest BCUT2D eigenvalue weighted by atomic mass is 16.5. The Morgan fingerprint density at radius 3 is 2.30 bits per heavy atom. The molecule has 0 bridgehead atoms. The Morgan fingerprint density at radius 2 is 1.70 bits per heavy atom. The summed E-state index contributed by atoms with van der Waals surface area (Å²) < 4.78 is 5.09. The van der Waals surface area contributed by atoms with Crippen molar-refractivity contribution in [2.75, 3.05) is 27.7 Å². The first kappa shape index (κ1) is 22.7. The Balaban J connectivity index is 1.74. The van der Waals surface area contributed by atoms with Crippen LogP contribution in [0.3, 0.4) is 0 Å². The number of carbonyl (C=O) groups excluding carboxylic acids is 3. The second kappa shape index (κ2) is 11.4. The maximum absolute atomic E-state index is 12.3. The van der Waals surface area contributed by atoms with Crippen molar-refractivity contribution in [2.24, 2.45) is 0 Å². The van der Waals surface area contributed by atoms with Crippen molar-refractivity contribution in [3.05, 3.63) is 71.3 Å². The van der Waals surface area contributed by atoms with Crippen LogP contribution in [-0.4, -0.2) is 50.4 Å². The molecule has 0 unspecified atom stereocenters. The van der Waals surface area contributed by atoms with E-state index in [2.05, 4.69) is 10.6 Å². The topological polar surface area (TPSA) is 87.7 Å². The quantitative estimate of drug-likeness (QED) is 0.622. The number of nitrogens with one attached hydrogen (secondary N) is 2. The molecule has 7 heteroatoms. The van der Waals surface area contributed by atoms with Crippen LogP contribution < -0.4 is 15.4 Å². The fourth-order valence-corrected chi connectivity index (χ4v) is 2.70. The van der Waals surface area contributed by atoms with Gasteiger partial charge in [-0.05, 0) is 41.5 Å². The first-order valence-electron chi connectivity index (χ1n) is 9.58. The van der Waals surface area contributed by atoms with Gasteiger partial charge in [-0.25, -0.2) is 0 Å². The molecule has 30 heavy (non-hydrogen) atoms. The molecule has 2 rings (SSSR count). The van der Waals surface area contributed by atoms with E-state index in [0.29, 0.717) is 12.1 Å². The fraction of sp³-hybridized carbons (Fsp3) is 0.261. The molecule has 0 saturated carbocycles. The van der Waals surface area contributed by atoms with Crippen molar-refractivity contribution in [1.29, 1.82) is 0 Å². The summed E-state index contributed by atoms with van der Waals surface area (Å²) in [6, 6.07) is 14.4. The molecule has 0 aliphatic rings. The van der Waals surface area contributed by atoms with Crippen molar-refractivity contribution in [3.8, 4) is 5.75 Å². The van der Waals surface area contributed by atoms with Crippen LogP contribution in [-0.2, 0) is 16.1 Å². The second-order valence-corrected chi connectivity index (χ2v) is 6.67. The van der Waals surface area contributed by atoms with Gasteiger partial charge >= 0.3 is 0 Å². The highest BCUT2D eigenvalue weighted by Gasteiger charge is 2.10. The molecule has 2 aromatic carbocycles. The minimum Gasteiger partial charge on any atom is -0.497 e. The highest BCUT2D eigenvalue weighted by Crippen LogP contribution is 2.12. The molecule has 2 aromatic rings. The summed E-state index contributed by atoms with van der Waals surface area (Å²) in [4.78, 5) is 37.3. The Kier molecular flexibility index (Phi) is 8.62. The van der Waals surface area contributed by atoms with E-state index in [0.717, 1.165) is 16.9 Å². The van der Waals surface area contributed by atoms with Crippen molar-refractivity contribution in [1.82, 2.24) is 15.5 Å². The molecule has 0 aliphatic heterocycles. The lowest BCUT2D eigenvalue weighted by Gasteiger charge is -2.17. The van der Waals surface area contributed by atoms with Gasteiger partial charge in [-0.15, -0.1) is 0 Å². The smallest absolute Gasteiger partial charge is 0.251 e. The van der Waals surface area contributed by atoms with Gasteiger partial charge in [0, 0.05) is 45.2 Å². The monoisotopic (exact) mass is 409 g/mol. The maximum atomic E-state index is 12.3. The van der Waals surface area contributed by atoms with Crippen molar-refractivity contribution >= 4 is 23.8 Å². The van der Waals surface area contributed by atoms with E-state index in [4.69, 9.17) is 4.74 Å². The average Bonchev–Trinajstić information content (AvgIpc) is 2.77. The molecule has 0 saturated heterocycles. The van der Waals surface area contributed by atoms with Gasteiger partial charge < -0.3 is 20.3 Å². The minimum atomic E-state index is -0.258. The van der Waals surface area contributed by atoms with Crippen LogP contribution >= 0.6 is 0 Å². The molecule has 0 spiro atoms. The molecule has 2 N–H and O–H groups in total. The van der Waals surface area contributed by atoms with Gasteiger partial charge in [0.2, 0.25) is 11.8 Å². The summed E-state index contributed by atoms with van der Waals surface area (Å²) in [6.45, 7) is 0.683. The molecule has 0 atom stereocenters. The number of hydrogen-bond donors (Lipinski definition) is 2. The first-order chi connectivity index (χ1) is 14.4. The Hall–Kier alpha value is -3.61. The van der Waals surface area contributed by atoms with Crippen molar-refractivity contribution in [2.45, 2.75) is 13.0 Å². The number of hydrogen-bond acceptors (Lipinski definition) is 4. The fourth-order valence-electron chi connectivity index (χ4n) is 2.70. The molecular weight excluding hydrogens is 382 g/mol. The number of ether oxygens (including phenoxy) is 1. The lowest BCUT2D eigenvalue weighted by molar-refractivity contribution is -0.130. The summed E-state index contributed by atoms with van der Waals surface area (Å²) >= 11 is 0. The van der Waals surface area contributed by atoms with E-state index in [1.807, 2.05) is 36.4 Å². The van der Waals surface area contributed by atoms with Gasteiger partial charge in [-0.2, -0.15) is 0 Å². The van der Waals surface area contributed by atoms with Crippen LogP contribution in [0, 0.1) is 0 Å². The second-order valence-electron chi connectivity index (χ2n) is 6.67. The standard InChI is InChI=1S/C23H27N3O4/c1-24-23(29)19-9-4-18(5-10-19)16-26(2)22(28)14-15-25-21(27)13-8-17-6-11-20(30-3)12-7-17/h4-13H,14-16H2,1-3H3,(H,24,29)(H,25,27)/b13-8+. The van der Waals surface area contributed by atoms with Gasteiger partial charge in [-0.1, -0.05) is 24.3 Å². The SMILES string of the molecule is CNC(=O)c1ccc(CN(C)C(=O)CCNC(=O)/C=C/c2ccc(OC)cc2)cc1. The third-order valence-electron chi connectivity index (χ3n) is 4.47. The van der Waals surface area contributed by atoms with Gasteiger partial charge in [-0.3, -0.25) is 14.4 Å². The van der Waals surface area contributed by atoms with Gasteiger partial charge in [0.1, 0.15) is 5.75 Å². The Morgan fingerprint density at radius 1 is 1.03 bits per heavy atom. The molecule has 0 radical (unpaired) electrons. The van der Waals surface area contributed by atoms with Crippen molar-refractivity contribution < 1.29 is 19.1 Å². The number of carbonyl (C=O) groups is 3. The molecule has 3 amide bonds. The van der Waals surface area contributed by atoms with Crippen LogP contribution in [0.4, 0.5) is 0 Å². The highest BCUT2D eigenvalue weighted by molar-refractivity contribution is 5.94. The summed E-state index contributed by atoms with van der Waals surface area (Å²) in [7, 11) is 4.89. The Labute approximate surface area is 176 Å². The van der Waals surface area contributed by atoms with Crippen LogP contribution in [0.5, 0.6) is 5.75 Å². The van der Waals surface area contributed by atoms with E-state index < -0.39 is 0 Å². The average molecular weight is 409 g/mol. The molecule has 0 heterocycles. The number of amides is 3. The summed E-state index contributed by atoms with van der Waals surface area (Å²) in [6.07, 6.45) is 3.34.